The molecule has 5 nitrogen and oxygen atoms in total. The molecule has 0 amide bonds. The predicted molar refractivity (Wildman–Crippen MR) is 139 cm³/mol. The number of nitrogens with one attached hydrogen (secondary N) is 2. The van der Waals surface area contributed by atoms with Crippen molar-refractivity contribution in [3.63, 3.8) is 0 Å². The summed E-state index contributed by atoms with van der Waals surface area (Å²) in [5.74, 6) is 1.63. The molecule has 1 aliphatic rings. The Balaban J connectivity index is 0.00000320. The molecule has 2 heterocycles. The Morgan fingerprint density at radius 3 is 2.43 bits per heavy atom. The second-order valence-corrected chi connectivity index (χ2v) is 9.31. The molecule has 1 aromatic heterocycles. The highest BCUT2D eigenvalue weighted by atomic mass is 127. The zero-order valence-corrected chi connectivity index (χ0v) is 21.8. The van der Waals surface area contributed by atoms with Crippen molar-refractivity contribution in [1.82, 2.24) is 20.5 Å². The third-order valence-corrected chi connectivity index (χ3v) is 6.57. The van der Waals surface area contributed by atoms with Crippen molar-refractivity contribution in [3.8, 4) is 0 Å². The minimum atomic E-state index is 0. The van der Waals surface area contributed by atoms with Gasteiger partial charge in [0.2, 0.25) is 0 Å². The zero-order valence-electron chi connectivity index (χ0n) is 18.7. The molecule has 2 aromatic rings. The van der Waals surface area contributed by atoms with Crippen LogP contribution >= 0.6 is 35.3 Å². The van der Waals surface area contributed by atoms with Crippen molar-refractivity contribution in [2.75, 3.05) is 26.2 Å². The number of thiazole rings is 1. The van der Waals surface area contributed by atoms with Crippen LogP contribution in [0.1, 0.15) is 46.5 Å². The highest BCUT2D eigenvalue weighted by Gasteiger charge is 2.19. The molecule has 1 fully saturated rings. The molecule has 166 valence electrons. The van der Waals surface area contributed by atoms with Gasteiger partial charge < -0.3 is 10.6 Å². The van der Waals surface area contributed by atoms with Crippen LogP contribution in [0.15, 0.2) is 29.3 Å². The second kappa shape index (κ2) is 12.6. The second-order valence-electron chi connectivity index (χ2n) is 8.02. The van der Waals surface area contributed by atoms with Gasteiger partial charge >= 0.3 is 0 Å². The normalized spacial score (nSPS) is 15.7. The molecule has 7 heteroatoms. The van der Waals surface area contributed by atoms with Crippen molar-refractivity contribution in [3.05, 3.63) is 51.0 Å². The van der Waals surface area contributed by atoms with Gasteiger partial charge in [-0.25, -0.2) is 9.98 Å². The molecular weight excluding hydrogens is 505 g/mol. The van der Waals surface area contributed by atoms with E-state index in [-0.39, 0.29) is 24.0 Å². The smallest absolute Gasteiger partial charge is 0.191 e. The number of aliphatic imine (C=N–C) groups is 1. The Hall–Kier alpha value is -1.19. The molecular formula is C23H36IN5S. The Morgan fingerprint density at radius 2 is 1.83 bits per heavy atom. The van der Waals surface area contributed by atoms with Crippen LogP contribution in [0.5, 0.6) is 0 Å². The van der Waals surface area contributed by atoms with Crippen LogP contribution in [0, 0.1) is 26.7 Å². The molecule has 0 spiro atoms. The number of rotatable bonds is 7. The van der Waals surface area contributed by atoms with Crippen molar-refractivity contribution >= 4 is 41.3 Å². The first-order valence-electron chi connectivity index (χ1n) is 10.8. The molecule has 1 saturated heterocycles. The summed E-state index contributed by atoms with van der Waals surface area (Å²) in [5.41, 5.74) is 3.85. The van der Waals surface area contributed by atoms with Crippen molar-refractivity contribution in [1.29, 1.82) is 0 Å². The molecule has 1 aromatic carbocycles. The molecule has 2 N–H and O–H groups in total. The summed E-state index contributed by atoms with van der Waals surface area (Å²) in [4.78, 5) is 13.1. The summed E-state index contributed by atoms with van der Waals surface area (Å²) >= 11 is 1.74. The van der Waals surface area contributed by atoms with Crippen molar-refractivity contribution in [2.45, 2.75) is 53.6 Å². The van der Waals surface area contributed by atoms with Gasteiger partial charge in [-0.1, -0.05) is 29.8 Å². The van der Waals surface area contributed by atoms with Crippen molar-refractivity contribution < 1.29 is 0 Å². The number of aromatic nitrogens is 1. The number of guanidine groups is 1. The van der Waals surface area contributed by atoms with Crippen molar-refractivity contribution in [2.24, 2.45) is 10.9 Å². The van der Waals surface area contributed by atoms with E-state index in [1.807, 2.05) is 0 Å². The average molecular weight is 542 g/mol. The topological polar surface area (TPSA) is 52.6 Å². The Kier molecular flexibility index (Phi) is 10.5. The first-order chi connectivity index (χ1) is 14.0. The molecule has 0 atom stereocenters. The average Bonchev–Trinajstić information content (AvgIpc) is 3.04. The van der Waals surface area contributed by atoms with Gasteiger partial charge in [0.25, 0.3) is 0 Å². The van der Waals surface area contributed by atoms with Gasteiger partial charge in [0.05, 0.1) is 17.2 Å². The highest BCUT2D eigenvalue weighted by Crippen LogP contribution is 2.19. The molecule has 0 radical (unpaired) electrons. The number of halogens is 1. The Morgan fingerprint density at radius 1 is 1.13 bits per heavy atom. The maximum atomic E-state index is 4.77. The Bertz CT molecular complexity index is 794. The van der Waals surface area contributed by atoms with Gasteiger partial charge in [-0.05, 0) is 65.1 Å². The first kappa shape index (κ1) is 25.1. The molecule has 30 heavy (non-hydrogen) atoms. The number of nitrogens with zero attached hydrogens (tertiary/aromatic N) is 3. The number of hydrogen-bond acceptors (Lipinski definition) is 4. The van der Waals surface area contributed by atoms with E-state index in [4.69, 9.17) is 4.99 Å². The summed E-state index contributed by atoms with van der Waals surface area (Å²) < 4.78 is 0. The van der Waals surface area contributed by atoms with Crippen LogP contribution < -0.4 is 10.6 Å². The van der Waals surface area contributed by atoms with Crippen LogP contribution in [0.25, 0.3) is 0 Å². The molecule has 0 aliphatic carbocycles. The largest absolute Gasteiger partial charge is 0.357 e. The first-order valence-corrected chi connectivity index (χ1v) is 11.6. The minimum absolute atomic E-state index is 0. The van der Waals surface area contributed by atoms with Gasteiger partial charge in [0, 0.05) is 24.5 Å². The van der Waals surface area contributed by atoms with Crippen LogP contribution in [-0.2, 0) is 13.1 Å². The third kappa shape index (κ3) is 7.81. The number of aryl methyl sites for hydroxylation is 3. The third-order valence-electron chi connectivity index (χ3n) is 5.52. The van der Waals surface area contributed by atoms with E-state index < -0.39 is 0 Å². The minimum Gasteiger partial charge on any atom is -0.357 e. The lowest BCUT2D eigenvalue weighted by Crippen LogP contribution is -2.42. The molecule has 0 bridgehead atoms. The van der Waals surface area contributed by atoms with Gasteiger partial charge in [0.15, 0.2) is 5.96 Å². The summed E-state index contributed by atoms with van der Waals surface area (Å²) in [6.07, 6.45) is 2.48. The zero-order chi connectivity index (χ0) is 20.6. The lowest BCUT2D eigenvalue weighted by Gasteiger charge is -2.32. The van der Waals surface area contributed by atoms with Crippen LogP contribution in [0.4, 0.5) is 0 Å². The summed E-state index contributed by atoms with van der Waals surface area (Å²) in [6, 6.07) is 8.94. The molecule has 1 aliphatic heterocycles. The number of hydrogen-bond donors (Lipinski definition) is 2. The van der Waals surface area contributed by atoms with E-state index in [0.29, 0.717) is 12.5 Å². The number of likely N-dealkylation sites (tertiary alicyclic amines) is 1. The standard InChI is InChI=1S/C23H35N5S.HI/c1-5-24-23(26-15-22-18(3)27-19(4)29-22)25-14-20-10-12-28(13-11-20)16-21-8-6-17(2)7-9-21;/h6-9,20H,5,10-16H2,1-4H3,(H2,24,25,26);1H. The number of piperidine rings is 1. The molecule has 0 saturated carbocycles. The fourth-order valence-electron chi connectivity index (χ4n) is 3.75. The summed E-state index contributed by atoms with van der Waals surface area (Å²) in [5, 5.41) is 8.05. The van der Waals surface area contributed by atoms with Gasteiger partial charge in [-0.15, -0.1) is 35.3 Å². The monoisotopic (exact) mass is 541 g/mol. The van der Waals surface area contributed by atoms with Crippen LogP contribution in [0.2, 0.25) is 0 Å². The van der Waals surface area contributed by atoms with E-state index in [1.165, 1.54) is 41.9 Å². The fraction of sp³-hybridized carbons (Fsp3) is 0.565. The van der Waals surface area contributed by atoms with E-state index in [9.17, 15) is 0 Å². The van der Waals surface area contributed by atoms with E-state index >= 15 is 0 Å². The van der Waals surface area contributed by atoms with Crippen LogP contribution in [0.3, 0.4) is 0 Å². The number of benzene rings is 1. The molecule has 0 unspecified atom stereocenters. The quantitative estimate of drug-likeness (QED) is 0.305. The summed E-state index contributed by atoms with van der Waals surface area (Å²) in [7, 11) is 0. The Labute approximate surface area is 202 Å². The van der Waals surface area contributed by atoms with Gasteiger partial charge in [-0.2, -0.15) is 0 Å². The maximum Gasteiger partial charge on any atom is 0.191 e. The maximum absolute atomic E-state index is 4.77. The van der Waals surface area contributed by atoms with E-state index in [1.54, 1.807) is 11.3 Å². The predicted octanol–water partition coefficient (Wildman–Crippen LogP) is 4.65. The van der Waals surface area contributed by atoms with Gasteiger partial charge in [-0.3, -0.25) is 4.90 Å². The SMILES string of the molecule is CCNC(=NCc1sc(C)nc1C)NCC1CCN(Cc2ccc(C)cc2)CC1.I. The fourth-order valence-corrected chi connectivity index (χ4v) is 4.62. The van der Waals surface area contributed by atoms with Gasteiger partial charge in [0.1, 0.15) is 0 Å². The summed E-state index contributed by atoms with van der Waals surface area (Å²) in [6.45, 7) is 14.4. The van der Waals surface area contributed by atoms with E-state index in [2.05, 4.69) is 72.5 Å². The lowest BCUT2D eigenvalue weighted by molar-refractivity contribution is 0.178. The molecule has 3 rings (SSSR count). The van der Waals surface area contributed by atoms with E-state index in [0.717, 1.165) is 36.3 Å². The van der Waals surface area contributed by atoms with Crippen LogP contribution in [-0.4, -0.2) is 42.0 Å². The lowest BCUT2D eigenvalue weighted by atomic mass is 9.96. The highest BCUT2D eigenvalue weighted by molar-refractivity contribution is 14.0.